The molecule has 0 amide bonds. The fourth-order valence-electron chi connectivity index (χ4n) is 9.93. The minimum Gasteiger partial charge on any atom is 0 e. The summed E-state index contributed by atoms with van der Waals surface area (Å²) in [5.41, 5.74) is 16.7. The Hall–Kier alpha value is -6.70. The van der Waals surface area contributed by atoms with E-state index in [1.54, 1.807) is 12.1 Å². The first-order valence-corrected chi connectivity index (χ1v) is 32.3. The second-order valence-corrected chi connectivity index (χ2v) is 31.5. The van der Waals surface area contributed by atoms with Crippen molar-refractivity contribution in [1.29, 1.82) is 0 Å². The van der Waals surface area contributed by atoms with Crippen LogP contribution in [0.25, 0.3) is 83.7 Å². The van der Waals surface area contributed by atoms with Gasteiger partial charge in [0.2, 0.25) is 0 Å². The number of aromatic nitrogens is 4. The van der Waals surface area contributed by atoms with E-state index in [1.807, 2.05) is 48.8 Å². The van der Waals surface area contributed by atoms with Crippen LogP contribution in [0.5, 0.6) is 0 Å². The number of pyridine rings is 2. The monoisotopic (exact) mass is 1200 g/mol. The van der Waals surface area contributed by atoms with Gasteiger partial charge in [-0.05, 0) is 63.9 Å². The molecule has 0 saturated heterocycles. The molecule has 7 aromatic carbocycles. The van der Waals surface area contributed by atoms with E-state index in [1.165, 1.54) is 37.8 Å². The van der Waals surface area contributed by atoms with E-state index in [4.69, 9.17) is 23.5 Å². The number of furan rings is 1. The molecule has 7 heteroatoms. The summed E-state index contributed by atoms with van der Waals surface area (Å²) in [5, 5.41) is 2.13. The number of nitrogens with zero attached hydrogens (tertiary/aromatic N) is 4. The Balaban J connectivity index is 0.000000204. The van der Waals surface area contributed by atoms with E-state index >= 15 is 0 Å². The quantitative estimate of drug-likeness (QED) is 0.101. The Morgan fingerprint density at radius 1 is 0.644 bits per heavy atom. The SMILES string of the molecule is CC(C)c1cc(-c2ccccc2)cc(C(C)C)c1-n1c(-c2[c-]ccc3c2oc2ccccc23)nc2ncc(-c3ccccc3)cc21.[2H]C([2H])([2H])c1c[c-]c(-c2cc(C(C)(C)c3ccccc3)[c]([Ge]([CH3])([CH3])[CH3])cn2)cc1.[Ir]. The number of imidazole rings is 1. The Morgan fingerprint density at radius 3 is 1.89 bits per heavy atom. The molecular weight excluding hydrogens is 1130 g/mol. The Labute approximate surface area is 451 Å². The van der Waals surface area contributed by atoms with Crippen LogP contribution in [0.4, 0.5) is 0 Å². The molecule has 0 aliphatic rings. The molecule has 5 nitrogen and oxygen atoms in total. The largest absolute Gasteiger partial charge is 0 e. The molecule has 0 N–H and O–H groups in total. The number of para-hydroxylation sites is 1. The van der Waals surface area contributed by atoms with Gasteiger partial charge in [-0.2, -0.15) is 0 Å². The molecule has 367 valence electrons. The third-order valence-corrected chi connectivity index (χ3v) is 18.1. The molecule has 11 aromatic rings. The van der Waals surface area contributed by atoms with E-state index in [0.29, 0.717) is 11.2 Å². The summed E-state index contributed by atoms with van der Waals surface area (Å²) in [5.74, 6) is 8.43. The molecule has 73 heavy (non-hydrogen) atoms. The van der Waals surface area contributed by atoms with Crippen LogP contribution in [0.15, 0.2) is 187 Å². The molecule has 0 bridgehead atoms. The Bertz CT molecular complexity index is 3790. The van der Waals surface area contributed by atoms with Gasteiger partial charge < -0.3 is 8.98 Å². The van der Waals surface area contributed by atoms with Gasteiger partial charge in [0.1, 0.15) is 5.58 Å². The summed E-state index contributed by atoms with van der Waals surface area (Å²) < 4.78 is 32.9. The predicted molar refractivity (Wildman–Crippen MR) is 304 cm³/mol. The first kappa shape index (κ1) is 47.3. The van der Waals surface area contributed by atoms with Gasteiger partial charge >= 0.3 is 165 Å². The third kappa shape index (κ3) is 10.2. The fourth-order valence-corrected chi connectivity index (χ4v) is 13.4. The van der Waals surface area contributed by atoms with Crippen molar-refractivity contribution in [2.75, 3.05) is 0 Å². The first-order chi connectivity index (χ1) is 35.9. The number of benzene rings is 7. The van der Waals surface area contributed by atoms with Gasteiger partial charge in [0.25, 0.3) is 0 Å². The van der Waals surface area contributed by atoms with Crippen LogP contribution in [-0.2, 0) is 25.5 Å². The van der Waals surface area contributed by atoms with Gasteiger partial charge in [-0.15, -0.1) is 18.2 Å². The van der Waals surface area contributed by atoms with Gasteiger partial charge in [-0.1, -0.05) is 118 Å². The minimum absolute atomic E-state index is 0. The van der Waals surface area contributed by atoms with E-state index in [-0.39, 0.29) is 37.4 Å². The summed E-state index contributed by atoms with van der Waals surface area (Å²) in [6.45, 7) is 11.5. The smallest absolute Gasteiger partial charge is 0 e. The van der Waals surface area contributed by atoms with Crippen molar-refractivity contribution in [3.05, 3.63) is 222 Å². The number of aryl methyl sites for hydroxylation is 1. The zero-order valence-electron chi connectivity index (χ0n) is 46.0. The Kier molecular flexibility index (Phi) is 13.6. The van der Waals surface area contributed by atoms with E-state index in [2.05, 4.69) is 197 Å². The normalized spacial score (nSPS) is 12.6. The molecule has 1 radical (unpaired) electrons. The van der Waals surface area contributed by atoms with Crippen LogP contribution in [0, 0.1) is 19.0 Å². The van der Waals surface area contributed by atoms with E-state index in [9.17, 15) is 0 Å². The predicted octanol–water partition coefficient (Wildman–Crippen LogP) is 17.1. The van der Waals surface area contributed by atoms with Gasteiger partial charge in [0, 0.05) is 42.9 Å². The van der Waals surface area contributed by atoms with Crippen molar-refractivity contribution in [2.45, 2.75) is 82.9 Å². The maximum Gasteiger partial charge on any atom is 0 e. The number of fused-ring (bicyclic) bond motifs is 4. The summed E-state index contributed by atoms with van der Waals surface area (Å²) in [7, 11) is 0. The van der Waals surface area contributed by atoms with E-state index < -0.39 is 20.1 Å². The molecule has 0 aliphatic carbocycles. The standard InChI is InChI=1S/C42H34N3O.C24H28GeN.Ir/c1-26(2)35-22-30(28-14-7-5-8-15-28)23-36(27(3)4)39(35)45-37-24-31(29-16-9-6-10-17-29)25-43-41(37)44-42(45)34-20-13-19-33-32-18-11-12-21-38(32)46-40(33)34;1-18-12-14-19(15-13-18)23-16-21(22(17-26-23)25(4,5)6)24(2,3)20-10-8-7-9-11-20;/h5-19,21-27H,1-4H3;7-14,16-17H,1-6H3;/q2*-1;/i;1D3;. The average Bonchev–Trinajstić information content (AvgIpc) is 3.99. The molecule has 0 atom stereocenters. The van der Waals surface area contributed by atoms with Crippen molar-refractivity contribution >= 4 is 50.8 Å². The Morgan fingerprint density at radius 2 is 1.27 bits per heavy atom. The van der Waals surface area contributed by atoms with Crippen molar-refractivity contribution in [1.82, 2.24) is 19.5 Å². The molecule has 0 unspecified atom stereocenters. The van der Waals surface area contributed by atoms with Crippen molar-refractivity contribution in [2.24, 2.45) is 0 Å². The summed E-state index contributed by atoms with van der Waals surface area (Å²) >= 11 is -2.18. The molecule has 4 heterocycles. The third-order valence-electron chi connectivity index (χ3n) is 13.9. The molecule has 4 aromatic heterocycles. The second kappa shape index (κ2) is 21.0. The summed E-state index contributed by atoms with van der Waals surface area (Å²) in [6.07, 6.45) is 3.97. The topological polar surface area (TPSA) is 56.7 Å². The molecule has 0 fully saturated rings. The van der Waals surface area contributed by atoms with Gasteiger partial charge in [-0.25, -0.2) is 4.98 Å². The van der Waals surface area contributed by atoms with Crippen LogP contribution in [0.1, 0.15) is 85.3 Å². The molecule has 0 saturated carbocycles. The van der Waals surface area contributed by atoms with Crippen LogP contribution in [0.3, 0.4) is 0 Å². The van der Waals surface area contributed by atoms with Gasteiger partial charge in [0.15, 0.2) is 5.65 Å². The molecule has 11 rings (SSSR count). The van der Waals surface area contributed by atoms with Crippen LogP contribution in [-0.4, -0.2) is 32.8 Å². The van der Waals surface area contributed by atoms with Crippen molar-refractivity contribution < 1.29 is 28.6 Å². The number of rotatable bonds is 10. The maximum atomic E-state index is 7.56. The van der Waals surface area contributed by atoms with Crippen LogP contribution >= 0.6 is 0 Å². The summed E-state index contributed by atoms with van der Waals surface area (Å²) in [6, 6.07) is 64.7. The van der Waals surface area contributed by atoms with E-state index in [0.717, 1.165) is 66.9 Å². The molecule has 0 aliphatic heterocycles. The fraction of sp³-hybridized carbons (Fsp3) is 0.197. The maximum absolute atomic E-state index is 7.56. The van der Waals surface area contributed by atoms with Crippen LogP contribution in [0.2, 0.25) is 17.3 Å². The number of hydrogen-bond donors (Lipinski definition) is 0. The second-order valence-electron chi connectivity index (χ2n) is 20.9. The van der Waals surface area contributed by atoms with Crippen molar-refractivity contribution in [3.8, 4) is 50.6 Å². The first-order valence-electron chi connectivity index (χ1n) is 26.5. The summed E-state index contributed by atoms with van der Waals surface area (Å²) in [4.78, 5) is 15.0. The molecular formula is C66H62GeIrN4O-2. The van der Waals surface area contributed by atoms with Gasteiger partial charge in [-0.3, -0.25) is 4.98 Å². The minimum atomic E-state index is -2.18. The van der Waals surface area contributed by atoms with Gasteiger partial charge in [0.05, 0.1) is 16.9 Å². The molecule has 0 spiro atoms. The van der Waals surface area contributed by atoms with Crippen LogP contribution < -0.4 is 4.40 Å². The zero-order valence-corrected chi connectivity index (χ0v) is 47.5. The zero-order chi connectivity index (χ0) is 52.8. The van der Waals surface area contributed by atoms with Crippen molar-refractivity contribution in [3.63, 3.8) is 0 Å². The number of hydrogen-bond acceptors (Lipinski definition) is 4. The average molecular weight is 1200 g/mol.